The fraction of sp³-hybridized carbons (Fsp3) is 0.100. The summed E-state index contributed by atoms with van der Waals surface area (Å²) in [5.41, 5.74) is 3.14. The lowest BCUT2D eigenvalue weighted by molar-refractivity contribution is 0.970. The molecule has 0 fully saturated rings. The van der Waals surface area contributed by atoms with Crippen LogP contribution in [0.1, 0.15) is 5.56 Å². The molecule has 1 aromatic heterocycles. The normalized spacial score (nSPS) is 11.2. The first kappa shape index (κ1) is 16.4. The van der Waals surface area contributed by atoms with E-state index in [9.17, 15) is 9.59 Å². The van der Waals surface area contributed by atoms with Gasteiger partial charge in [0.1, 0.15) is 11.4 Å². The number of benzene rings is 2. The Bertz CT molecular complexity index is 1200. The van der Waals surface area contributed by atoms with Crippen molar-refractivity contribution in [1.29, 1.82) is 0 Å². The number of anilines is 4. The number of hydrogen-bond acceptors (Lipinski definition) is 4. The van der Waals surface area contributed by atoms with E-state index in [0.717, 1.165) is 22.2 Å². The fourth-order valence-electron chi connectivity index (χ4n) is 3.05. The largest absolute Gasteiger partial charge is 0.350 e. The third-order valence-corrected chi connectivity index (χ3v) is 4.68. The SMILES string of the molecule is Cc1ccc2c(c1)c(Nc1c(Nc3ccc(Cl)cc3)c(=O)c1=O)cn2C. The van der Waals surface area contributed by atoms with Gasteiger partial charge in [-0.25, -0.2) is 0 Å². The van der Waals surface area contributed by atoms with Crippen LogP contribution in [0.15, 0.2) is 58.3 Å². The number of aryl methyl sites for hydroxylation is 2. The molecule has 0 saturated carbocycles. The van der Waals surface area contributed by atoms with Crippen LogP contribution in [0.3, 0.4) is 0 Å². The van der Waals surface area contributed by atoms with Gasteiger partial charge in [0.05, 0.1) is 5.69 Å². The molecular weight excluding hydrogens is 350 g/mol. The highest BCUT2D eigenvalue weighted by Gasteiger charge is 2.22. The predicted molar refractivity (Wildman–Crippen MR) is 107 cm³/mol. The number of halogens is 1. The van der Waals surface area contributed by atoms with E-state index in [4.69, 9.17) is 11.6 Å². The molecule has 0 aliphatic heterocycles. The third-order valence-electron chi connectivity index (χ3n) is 4.43. The van der Waals surface area contributed by atoms with E-state index in [1.165, 1.54) is 0 Å². The van der Waals surface area contributed by atoms with E-state index < -0.39 is 10.9 Å². The maximum absolute atomic E-state index is 12.1. The molecule has 5 nitrogen and oxygen atoms in total. The molecule has 3 aromatic carbocycles. The van der Waals surface area contributed by atoms with Crippen molar-refractivity contribution in [3.8, 4) is 0 Å². The Kier molecular flexibility index (Phi) is 3.81. The van der Waals surface area contributed by atoms with Crippen LogP contribution in [-0.4, -0.2) is 4.57 Å². The van der Waals surface area contributed by atoms with Crippen LogP contribution in [0.5, 0.6) is 0 Å². The second kappa shape index (κ2) is 6.04. The van der Waals surface area contributed by atoms with Crippen LogP contribution in [0.4, 0.5) is 22.7 Å². The molecule has 0 amide bonds. The zero-order valence-electron chi connectivity index (χ0n) is 14.3. The van der Waals surface area contributed by atoms with Gasteiger partial charge in [-0.05, 0) is 43.3 Å². The molecule has 0 radical (unpaired) electrons. The summed E-state index contributed by atoms with van der Waals surface area (Å²) in [5.74, 6) is 0. The van der Waals surface area contributed by atoms with E-state index in [1.54, 1.807) is 24.3 Å². The minimum absolute atomic E-state index is 0.266. The molecule has 0 aliphatic carbocycles. The summed E-state index contributed by atoms with van der Waals surface area (Å²) in [6.45, 7) is 2.01. The number of fused-ring (bicyclic) bond motifs is 1. The van der Waals surface area contributed by atoms with Gasteiger partial charge < -0.3 is 15.2 Å². The number of rotatable bonds is 4. The van der Waals surface area contributed by atoms with E-state index in [1.807, 2.05) is 36.9 Å². The van der Waals surface area contributed by atoms with Crippen molar-refractivity contribution in [2.24, 2.45) is 7.05 Å². The summed E-state index contributed by atoms with van der Waals surface area (Å²) in [6.07, 6.45) is 1.91. The molecule has 0 aliphatic rings. The Morgan fingerprint density at radius 2 is 1.58 bits per heavy atom. The number of nitrogens with zero attached hydrogens (tertiary/aromatic N) is 1. The predicted octanol–water partition coefficient (Wildman–Crippen LogP) is 4.22. The van der Waals surface area contributed by atoms with Gasteiger partial charge in [-0.15, -0.1) is 0 Å². The first-order chi connectivity index (χ1) is 12.4. The summed E-state index contributed by atoms with van der Waals surface area (Å²) in [6, 6.07) is 13.1. The van der Waals surface area contributed by atoms with E-state index in [2.05, 4.69) is 16.7 Å². The number of nitrogens with one attached hydrogen (secondary N) is 2. The van der Waals surface area contributed by atoms with E-state index >= 15 is 0 Å². The molecule has 6 heteroatoms. The van der Waals surface area contributed by atoms with Crippen LogP contribution >= 0.6 is 11.6 Å². The van der Waals surface area contributed by atoms with E-state index in [0.29, 0.717) is 10.7 Å². The molecule has 26 heavy (non-hydrogen) atoms. The smallest absolute Gasteiger partial charge is 0.253 e. The lowest BCUT2D eigenvalue weighted by atomic mass is 10.1. The molecule has 4 rings (SSSR count). The van der Waals surface area contributed by atoms with Gasteiger partial charge in [0, 0.05) is 34.9 Å². The van der Waals surface area contributed by atoms with Crippen LogP contribution < -0.4 is 21.5 Å². The van der Waals surface area contributed by atoms with Gasteiger partial charge in [-0.3, -0.25) is 9.59 Å². The molecule has 4 aromatic rings. The zero-order chi connectivity index (χ0) is 18.4. The minimum atomic E-state index is -0.529. The fourth-order valence-corrected chi connectivity index (χ4v) is 3.17. The lowest BCUT2D eigenvalue weighted by Crippen LogP contribution is -2.35. The lowest BCUT2D eigenvalue weighted by Gasteiger charge is -2.14. The minimum Gasteiger partial charge on any atom is -0.350 e. The molecule has 0 spiro atoms. The van der Waals surface area contributed by atoms with Crippen LogP contribution in [0, 0.1) is 6.92 Å². The topological polar surface area (TPSA) is 63.1 Å². The van der Waals surface area contributed by atoms with Crippen molar-refractivity contribution < 1.29 is 0 Å². The highest BCUT2D eigenvalue weighted by Crippen LogP contribution is 2.31. The average Bonchev–Trinajstić information content (AvgIpc) is 2.94. The number of aromatic nitrogens is 1. The van der Waals surface area contributed by atoms with Crippen molar-refractivity contribution in [3.63, 3.8) is 0 Å². The summed E-state index contributed by atoms with van der Waals surface area (Å²) in [5, 5.41) is 7.73. The number of hydrogen-bond donors (Lipinski definition) is 2. The first-order valence-corrected chi connectivity index (χ1v) is 8.50. The second-order valence-corrected chi connectivity index (χ2v) is 6.78. The van der Waals surface area contributed by atoms with Crippen molar-refractivity contribution in [2.45, 2.75) is 6.92 Å². The second-order valence-electron chi connectivity index (χ2n) is 6.34. The summed E-state index contributed by atoms with van der Waals surface area (Å²) in [4.78, 5) is 24.1. The van der Waals surface area contributed by atoms with Gasteiger partial charge >= 0.3 is 0 Å². The molecule has 0 bridgehead atoms. The quantitative estimate of drug-likeness (QED) is 0.531. The molecule has 0 unspecified atom stereocenters. The summed E-state index contributed by atoms with van der Waals surface area (Å²) in [7, 11) is 1.94. The van der Waals surface area contributed by atoms with Crippen LogP contribution in [0.25, 0.3) is 10.9 Å². The molecule has 0 saturated heterocycles. The van der Waals surface area contributed by atoms with Gasteiger partial charge in [-0.1, -0.05) is 23.2 Å². The van der Waals surface area contributed by atoms with Crippen molar-refractivity contribution in [1.82, 2.24) is 4.57 Å². The Labute approximate surface area is 154 Å². The molecule has 0 atom stereocenters. The zero-order valence-corrected chi connectivity index (χ0v) is 15.0. The van der Waals surface area contributed by atoms with E-state index in [-0.39, 0.29) is 11.4 Å². The Hall–Kier alpha value is -3.05. The monoisotopic (exact) mass is 365 g/mol. The van der Waals surface area contributed by atoms with Crippen LogP contribution in [0.2, 0.25) is 5.02 Å². The molecule has 1 heterocycles. The molecule has 130 valence electrons. The highest BCUT2D eigenvalue weighted by atomic mass is 35.5. The maximum atomic E-state index is 12.1. The van der Waals surface area contributed by atoms with Gasteiger partial charge in [-0.2, -0.15) is 0 Å². The van der Waals surface area contributed by atoms with Gasteiger partial charge in [0.2, 0.25) is 0 Å². The average molecular weight is 366 g/mol. The third kappa shape index (κ3) is 2.66. The molecular formula is C20H16ClN3O2. The Morgan fingerprint density at radius 1 is 0.923 bits per heavy atom. The Morgan fingerprint density at radius 3 is 2.27 bits per heavy atom. The Balaban J connectivity index is 1.71. The maximum Gasteiger partial charge on any atom is 0.253 e. The first-order valence-electron chi connectivity index (χ1n) is 8.12. The standard InChI is InChI=1S/C20H16ClN3O2/c1-11-3-8-16-14(9-11)15(10-24(16)2)23-18-17(19(25)20(18)26)22-13-6-4-12(21)5-7-13/h3-10,22-23H,1-2H3. The summed E-state index contributed by atoms with van der Waals surface area (Å²) < 4.78 is 1.98. The molecule has 2 N–H and O–H groups in total. The van der Waals surface area contributed by atoms with Crippen molar-refractivity contribution >= 4 is 45.3 Å². The van der Waals surface area contributed by atoms with Crippen molar-refractivity contribution in [3.05, 3.63) is 79.7 Å². The summed E-state index contributed by atoms with van der Waals surface area (Å²) >= 11 is 5.88. The van der Waals surface area contributed by atoms with Gasteiger partial charge in [0.15, 0.2) is 0 Å². The van der Waals surface area contributed by atoms with Gasteiger partial charge in [0.25, 0.3) is 10.9 Å². The highest BCUT2D eigenvalue weighted by molar-refractivity contribution is 6.30. The van der Waals surface area contributed by atoms with Crippen molar-refractivity contribution in [2.75, 3.05) is 10.6 Å². The van der Waals surface area contributed by atoms with Crippen LogP contribution in [-0.2, 0) is 7.05 Å².